The van der Waals surface area contributed by atoms with Gasteiger partial charge >= 0.3 is 0 Å². The van der Waals surface area contributed by atoms with Crippen LogP contribution in [-0.4, -0.2) is 15.9 Å². The van der Waals surface area contributed by atoms with Gasteiger partial charge in [-0.2, -0.15) is 0 Å². The summed E-state index contributed by atoms with van der Waals surface area (Å²) in [5.74, 6) is 0.527. The molecular weight excluding hydrogens is 192 g/mol. The molecule has 0 aliphatic carbocycles. The number of nitrogens with zero attached hydrogens (tertiary/aromatic N) is 1. The van der Waals surface area contributed by atoms with E-state index < -0.39 is 5.91 Å². The van der Waals surface area contributed by atoms with E-state index in [1.807, 2.05) is 0 Å². The Morgan fingerprint density at radius 2 is 2.40 bits per heavy atom. The molecule has 0 aromatic carbocycles. The minimum absolute atomic E-state index is 0.148. The maximum absolute atomic E-state index is 10.7. The number of primary amides is 1. The number of aryl methyl sites for hydroxylation is 1. The number of nitrogens with two attached hydrogens (primary N) is 2. The fourth-order valence-corrected chi connectivity index (χ4v) is 1.37. The maximum Gasteiger partial charge on any atom is 0.219 e. The topological polar surface area (TPSA) is 97.8 Å². The van der Waals surface area contributed by atoms with Crippen molar-refractivity contribution in [2.75, 3.05) is 0 Å². The van der Waals surface area contributed by atoms with Crippen molar-refractivity contribution < 1.29 is 4.79 Å². The highest BCUT2D eigenvalue weighted by molar-refractivity contribution is 5.74. The summed E-state index contributed by atoms with van der Waals surface area (Å²) in [6, 6.07) is -0.370. The summed E-state index contributed by atoms with van der Waals surface area (Å²) < 4.78 is 0. The molecule has 1 aromatic heterocycles. The quantitative estimate of drug-likeness (QED) is 0.642. The first-order chi connectivity index (χ1) is 7.13. The number of hydrogen-bond acceptors (Lipinski definition) is 3. The summed E-state index contributed by atoms with van der Waals surface area (Å²) in [7, 11) is 0. The summed E-state index contributed by atoms with van der Waals surface area (Å²) in [5.41, 5.74) is 11.6. The lowest BCUT2D eigenvalue weighted by Crippen LogP contribution is -2.20. The van der Waals surface area contributed by atoms with E-state index in [1.54, 1.807) is 6.20 Å². The number of nitrogens with one attached hydrogen (secondary N) is 1. The maximum atomic E-state index is 10.7. The van der Waals surface area contributed by atoms with Crippen molar-refractivity contribution in [3.8, 4) is 0 Å². The zero-order chi connectivity index (χ0) is 11.3. The number of amides is 1. The van der Waals surface area contributed by atoms with Gasteiger partial charge in [0.2, 0.25) is 5.91 Å². The molecule has 5 heteroatoms. The monoisotopic (exact) mass is 210 g/mol. The lowest BCUT2D eigenvalue weighted by atomic mass is 10.1. The number of aromatic nitrogens is 2. The molecule has 5 nitrogen and oxygen atoms in total. The van der Waals surface area contributed by atoms with Gasteiger partial charge in [-0.25, -0.2) is 4.98 Å². The Hall–Kier alpha value is -1.36. The van der Waals surface area contributed by atoms with E-state index in [0.717, 1.165) is 30.8 Å². The molecule has 15 heavy (non-hydrogen) atoms. The highest BCUT2D eigenvalue weighted by Crippen LogP contribution is 2.11. The van der Waals surface area contributed by atoms with Crippen LogP contribution in [0.5, 0.6) is 0 Å². The van der Waals surface area contributed by atoms with Crippen LogP contribution < -0.4 is 11.5 Å². The minimum Gasteiger partial charge on any atom is -0.370 e. The molecule has 1 heterocycles. The van der Waals surface area contributed by atoms with Gasteiger partial charge in [-0.05, 0) is 6.42 Å². The van der Waals surface area contributed by atoms with Gasteiger partial charge in [0.1, 0.15) is 5.82 Å². The molecule has 1 aromatic rings. The average molecular weight is 210 g/mol. The van der Waals surface area contributed by atoms with Crippen LogP contribution >= 0.6 is 0 Å². The number of imidazole rings is 1. The van der Waals surface area contributed by atoms with Crippen molar-refractivity contribution in [1.82, 2.24) is 9.97 Å². The van der Waals surface area contributed by atoms with Crippen molar-refractivity contribution in [3.63, 3.8) is 0 Å². The van der Waals surface area contributed by atoms with E-state index in [1.165, 1.54) is 0 Å². The second-order valence-corrected chi connectivity index (χ2v) is 3.67. The van der Waals surface area contributed by atoms with E-state index in [4.69, 9.17) is 11.5 Å². The van der Waals surface area contributed by atoms with E-state index in [2.05, 4.69) is 16.9 Å². The van der Waals surface area contributed by atoms with Crippen molar-refractivity contribution in [2.45, 2.75) is 38.6 Å². The molecule has 5 N–H and O–H groups in total. The molecule has 1 unspecified atom stereocenters. The van der Waals surface area contributed by atoms with Crippen LogP contribution in [0.2, 0.25) is 0 Å². The van der Waals surface area contributed by atoms with Crippen LogP contribution in [0.25, 0.3) is 0 Å². The molecule has 0 bridgehead atoms. The van der Waals surface area contributed by atoms with E-state index in [-0.39, 0.29) is 12.5 Å². The second-order valence-electron chi connectivity index (χ2n) is 3.67. The molecule has 1 amide bonds. The van der Waals surface area contributed by atoms with E-state index in [9.17, 15) is 4.79 Å². The molecule has 0 fully saturated rings. The van der Waals surface area contributed by atoms with Crippen molar-refractivity contribution in [2.24, 2.45) is 11.5 Å². The highest BCUT2D eigenvalue weighted by Gasteiger charge is 2.11. The van der Waals surface area contributed by atoms with Gasteiger partial charge in [0.05, 0.1) is 11.7 Å². The Morgan fingerprint density at radius 1 is 1.67 bits per heavy atom. The molecule has 0 saturated carbocycles. The van der Waals surface area contributed by atoms with Gasteiger partial charge in [-0.3, -0.25) is 4.79 Å². The third-order valence-corrected chi connectivity index (χ3v) is 2.24. The Labute approximate surface area is 89.3 Å². The largest absolute Gasteiger partial charge is 0.370 e. The molecule has 84 valence electrons. The van der Waals surface area contributed by atoms with Crippen LogP contribution in [0.3, 0.4) is 0 Å². The smallest absolute Gasteiger partial charge is 0.219 e. The van der Waals surface area contributed by atoms with Gasteiger partial charge in [0.15, 0.2) is 0 Å². The normalized spacial score (nSPS) is 12.7. The summed E-state index contributed by atoms with van der Waals surface area (Å²) in [6.45, 7) is 2.13. The number of unbranched alkanes of at least 4 members (excludes halogenated alkanes) is 1. The fourth-order valence-electron chi connectivity index (χ4n) is 1.37. The van der Waals surface area contributed by atoms with Gasteiger partial charge in [0, 0.05) is 19.0 Å². The van der Waals surface area contributed by atoms with E-state index >= 15 is 0 Å². The Bertz CT molecular complexity index is 321. The summed E-state index contributed by atoms with van der Waals surface area (Å²) >= 11 is 0. The van der Waals surface area contributed by atoms with Gasteiger partial charge in [-0.1, -0.05) is 13.3 Å². The number of rotatable bonds is 6. The van der Waals surface area contributed by atoms with Crippen LogP contribution in [0.4, 0.5) is 0 Å². The van der Waals surface area contributed by atoms with Gasteiger partial charge in [0.25, 0.3) is 0 Å². The average Bonchev–Trinajstić information content (AvgIpc) is 2.62. The molecule has 0 aliphatic heterocycles. The van der Waals surface area contributed by atoms with Crippen LogP contribution in [-0.2, 0) is 11.2 Å². The molecule has 0 spiro atoms. The Balaban J connectivity index is 2.54. The number of aromatic amines is 1. The number of H-pyrrole nitrogens is 1. The molecule has 0 aliphatic rings. The molecule has 1 rings (SSSR count). The van der Waals surface area contributed by atoms with Crippen LogP contribution in [0.1, 0.15) is 43.7 Å². The first kappa shape index (κ1) is 11.7. The standard InChI is InChI=1S/C10H18N4O/c1-2-3-4-10-13-6-8(14-10)7(11)5-9(12)15/h6-7H,2-5,11H2,1H3,(H2,12,15)(H,13,14). The zero-order valence-corrected chi connectivity index (χ0v) is 8.99. The van der Waals surface area contributed by atoms with Gasteiger partial charge in [-0.15, -0.1) is 0 Å². The molecule has 1 atom stereocenters. The molecule has 0 saturated heterocycles. The second kappa shape index (κ2) is 5.50. The van der Waals surface area contributed by atoms with Crippen molar-refractivity contribution >= 4 is 5.91 Å². The lowest BCUT2D eigenvalue weighted by molar-refractivity contribution is -0.118. The lowest BCUT2D eigenvalue weighted by Gasteiger charge is -2.05. The Morgan fingerprint density at radius 3 is 3.00 bits per heavy atom. The predicted molar refractivity (Wildman–Crippen MR) is 57.9 cm³/mol. The summed E-state index contributed by atoms with van der Waals surface area (Å²) in [6.07, 6.45) is 4.97. The summed E-state index contributed by atoms with van der Waals surface area (Å²) in [4.78, 5) is 18.0. The zero-order valence-electron chi connectivity index (χ0n) is 8.99. The summed E-state index contributed by atoms with van der Waals surface area (Å²) in [5, 5.41) is 0. The fraction of sp³-hybridized carbons (Fsp3) is 0.600. The SMILES string of the molecule is CCCCc1ncc(C(N)CC(N)=O)[nH]1. The number of hydrogen-bond donors (Lipinski definition) is 3. The first-order valence-electron chi connectivity index (χ1n) is 5.21. The number of carbonyl (C=O) groups is 1. The molecular formula is C10H18N4O. The highest BCUT2D eigenvalue weighted by atomic mass is 16.1. The van der Waals surface area contributed by atoms with Crippen molar-refractivity contribution in [3.05, 3.63) is 17.7 Å². The molecule has 0 radical (unpaired) electrons. The number of carbonyl (C=O) groups excluding carboxylic acids is 1. The van der Waals surface area contributed by atoms with Crippen LogP contribution in [0.15, 0.2) is 6.20 Å². The predicted octanol–water partition coefficient (Wildman–Crippen LogP) is 0.627. The third-order valence-electron chi connectivity index (χ3n) is 2.24. The van der Waals surface area contributed by atoms with E-state index in [0.29, 0.717) is 0 Å². The van der Waals surface area contributed by atoms with Crippen LogP contribution in [0, 0.1) is 0 Å². The Kier molecular flexibility index (Phi) is 4.30. The third kappa shape index (κ3) is 3.71. The van der Waals surface area contributed by atoms with Gasteiger partial charge < -0.3 is 16.5 Å². The minimum atomic E-state index is -0.396. The van der Waals surface area contributed by atoms with Crippen molar-refractivity contribution in [1.29, 1.82) is 0 Å². The first-order valence-corrected chi connectivity index (χ1v) is 5.21.